The fourth-order valence-electron chi connectivity index (χ4n) is 2.35. The van der Waals surface area contributed by atoms with Gasteiger partial charge in [-0.25, -0.2) is 0 Å². The second kappa shape index (κ2) is 6.74. The number of methoxy groups -OCH3 is 1. The fourth-order valence-corrected chi connectivity index (χ4v) is 4.08. The number of aryl methyl sites for hydroxylation is 1. The van der Waals surface area contributed by atoms with Crippen molar-refractivity contribution >= 4 is 27.3 Å². The lowest BCUT2D eigenvalue weighted by atomic mass is 10.0. The quantitative estimate of drug-likeness (QED) is 0.793. The summed E-state index contributed by atoms with van der Waals surface area (Å²) >= 11 is 5.37. The molecule has 2 rings (SSSR count). The molecule has 0 aliphatic rings. The number of ether oxygens (including phenoxy) is 1. The molecule has 1 aromatic heterocycles. The Morgan fingerprint density at radius 2 is 1.95 bits per heavy atom. The molecule has 4 heteroatoms. The lowest BCUT2D eigenvalue weighted by Crippen LogP contribution is -2.22. The van der Waals surface area contributed by atoms with Gasteiger partial charge in [-0.3, -0.25) is 0 Å². The first kappa shape index (κ1) is 15.5. The van der Waals surface area contributed by atoms with Crippen LogP contribution < -0.4 is 10.1 Å². The summed E-state index contributed by atoms with van der Waals surface area (Å²) < 4.78 is 6.64. The van der Waals surface area contributed by atoms with Crippen molar-refractivity contribution in [2.75, 3.05) is 7.11 Å². The summed E-state index contributed by atoms with van der Waals surface area (Å²) in [7, 11) is 1.72. The van der Waals surface area contributed by atoms with Crippen LogP contribution in [0, 0.1) is 6.92 Å². The highest BCUT2D eigenvalue weighted by Crippen LogP contribution is 2.32. The summed E-state index contributed by atoms with van der Waals surface area (Å²) in [6, 6.07) is 8.92. The maximum Gasteiger partial charge on any atom is 0.123 e. The molecule has 2 aromatic rings. The van der Waals surface area contributed by atoms with E-state index in [1.807, 2.05) is 6.07 Å². The molecule has 0 radical (unpaired) electrons. The van der Waals surface area contributed by atoms with Crippen LogP contribution in [0.5, 0.6) is 5.75 Å². The summed E-state index contributed by atoms with van der Waals surface area (Å²) in [4.78, 5) is 1.32. The molecule has 0 spiro atoms. The zero-order chi connectivity index (χ0) is 14.7. The van der Waals surface area contributed by atoms with Crippen LogP contribution in [0.25, 0.3) is 0 Å². The van der Waals surface area contributed by atoms with Crippen molar-refractivity contribution in [3.8, 4) is 5.75 Å². The van der Waals surface area contributed by atoms with Gasteiger partial charge in [0.25, 0.3) is 0 Å². The number of halogens is 1. The molecule has 2 nitrogen and oxygen atoms in total. The fraction of sp³-hybridized carbons (Fsp3) is 0.375. The summed E-state index contributed by atoms with van der Waals surface area (Å²) in [5, 5.41) is 5.75. The first-order valence-electron chi connectivity index (χ1n) is 6.66. The molecule has 1 heterocycles. The number of thiophene rings is 1. The van der Waals surface area contributed by atoms with Crippen LogP contribution >= 0.6 is 27.3 Å². The number of benzene rings is 1. The number of hydrogen-bond acceptors (Lipinski definition) is 3. The molecule has 0 bridgehead atoms. The predicted octanol–water partition coefficient (Wildman–Crippen LogP) is 5.24. The third kappa shape index (κ3) is 3.43. The van der Waals surface area contributed by atoms with E-state index in [2.05, 4.69) is 65.6 Å². The minimum atomic E-state index is 0.230. The number of nitrogens with one attached hydrogen (secondary N) is 1. The molecule has 0 aliphatic heterocycles. The monoisotopic (exact) mass is 353 g/mol. The molecular weight excluding hydrogens is 334 g/mol. The van der Waals surface area contributed by atoms with E-state index in [1.165, 1.54) is 20.5 Å². The van der Waals surface area contributed by atoms with Crippen LogP contribution in [-0.2, 0) is 0 Å². The molecule has 0 amide bonds. The van der Waals surface area contributed by atoms with Crippen LogP contribution in [0.4, 0.5) is 0 Å². The summed E-state index contributed by atoms with van der Waals surface area (Å²) in [5.41, 5.74) is 2.45. The largest absolute Gasteiger partial charge is 0.496 e. The van der Waals surface area contributed by atoms with Gasteiger partial charge in [0.05, 0.1) is 7.11 Å². The Bertz CT molecular complexity index is 582. The minimum absolute atomic E-state index is 0.230. The molecule has 20 heavy (non-hydrogen) atoms. The van der Waals surface area contributed by atoms with Crippen molar-refractivity contribution in [1.29, 1.82) is 0 Å². The van der Waals surface area contributed by atoms with E-state index in [9.17, 15) is 0 Å². The topological polar surface area (TPSA) is 21.3 Å². The number of rotatable bonds is 5. The highest BCUT2D eigenvalue weighted by atomic mass is 79.9. The molecule has 2 atom stereocenters. The number of hydrogen-bond donors (Lipinski definition) is 1. The summed E-state index contributed by atoms with van der Waals surface area (Å²) in [6.45, 7) is 6.47. The first-order valence-corrected chi connectivity index (χ1v) is 8.33. The van der Waals surface area contributed by atoms with Gasteiger partial charge in [-0.1, -0.05) is 17.7 Å². The van der Waals surface area contributed by atoms with Crippen LogP contribution in [0.1, 0.15) is 41.9 Å². The molecule has 0 fully saturated rings. The first-order chi connectivity index (χ1) is 9.52. The van der Waals surface area contributed by atoms with Crippen molar-refractivity contribution in [1.82, 2.24) is 5.32 Å². The van der Waals surface area contributed by atoms with E-state index in [0.717, 1.165) is 5.75 Å². The van der Waals surface area contributed by atoms with Crippen molar-refractivity contribution in [2.24, 2.45) is 0 Å². The average molecular weight is 354 g/mol. The maximum atomic E-state index is 5.47. The van der Waals surface area contributed by atoms with Crippen LogP contribution in [-0.4, -0.2) is 7.11 Å². The Hall–Kier alpha value is -0.840. The standard InChI is InChI=1S/C16H20BrNOS/c1-10-5-6-15(19-4)13(9-10)11(2)18-12(3)16-14(17)7-8-20-16/h5-9,11-12,18H,1-4H3. The molecule has 2 unspecified atom stereocenters. The van der Waals surface area contributed by atoms with E-state index < -0.39 is 0 Å². The van der Waals surface area contributed by atoms with E-state index in [0.29, 0.717) is 6.04 Å². The Balaban J connectivity index is 2.18. The second-order valence-electron chi connectivity index (χ2n) is 4.99. The second-order valence-corrected chi connectivity index (χ2v) is 6.79. The Morgan fingerprint density at radius 1 is 1.20 bits per heavy atom. The highest BCUT2D eigenvalue weighted by molar-refractivity contribution is 9.10. The van der Waals surface area contributed by atoms with Gasteiger partial charge in [-0.2, -0.15) is 0 Å². The van der Waals surface area contributed by atoms with Crippen LogP contribution in [0.3, 0.4) is 0 Å². The van der Waals surface area contributed by atoms with E-state index >= 15 is 0 Å². The third-order valence-corrected chi connectivity index (χ3v) is 5.44. The van der Waals surface area contributed by atoms with Gasteiger partial charge in [0.15, 0.2) is 0 Å². The smallest absolute Gasteiger partial charge is 0.123 e. The van der Waals surface area contributed by atoms with E-state index in [-0.39, 0.29) is 6.04 Å². The van der Waals surface area contributed by atoms with Gasteiger partial charge in [0.1, 0.15) is 5.75 Å². The third-order valence-electron chi connectivity index (χ3n) is 3.39. The molecule has 0 saturated carbocycles. The van der Waals surface area contributed by atoms with Crippen LogP contribution in [0.15, 0.2) is 34.1 Å². The minimum Gasteiger partial charge on any atom is -0.496 e. The van der Waals surface area contributed by atoms with E-state index in [4.69, 9.17) is 4.74 Å². The Morgan fingerprint density at radius 3 is 2.55 bits per heavy atom. The summed E-state index contributed by atoms with van der Waals surface area (Å²) in [5.74, 6) is 0.938. The van der Waals surface area contributed by atoms with Crippen molar-refractivity contribution in [2.45, 2.75) is 32.9 Å². The molecule has 1 aromatic carbocycles. The van der Waals surface area contributed by atoms with Crippen molar-refractivity contribution in [3.05, 3.63) is 50.1 Å². The summed E-state index contributed by atoms with van der Waals surface area (Å²) in [6.07, 6.45) is 0. The van der Waals surface area contributed by atoms with Crippen molar-refractivity contribution < 1.29 is 4.74 Å². The van der Waals surface area contributed by atoms with Gasteiger partial charge >= 0.3 is 0 Å². The molecule has 0 aliphatic carbocycles. The average Bonchev–Trinajstić information content (AvgIpc) is 2.85. The van der Waals surface area contributed by atoms with Gasteiger partial charge in [0, 0.05) is 27.0 Å². The van der Waals surface area contributed by atoms with E-state index in [1.54, 1.807) is 18.4 Å². The zero-order valence-electron chi connectivity index (χ0n) is 12.2. The normalized spacial score (nSPS) is 14.1. The lowest BCUT2D eigenvalue weighted by Gasteiger charge is -2.22. The van der Waals surface area contributed by atoms with Crippen molar-refractivity contribution in [3.63, 3.8) is 0 Å². The van der Waals surface area contributed by atoms with Crippen LogP contribution in [0.2, 0.25) is 0 Å². The van der Waals surface area contributed by atoms with Gasteiger partial charge < -0.3 is 10.1 Å². The zero-order valence-corrected chi connectivity index (χ0v) is 14.6. The maximum absolute atomic E-state index is 5.47. The molecule has 1 N–H and O–H groups in total. The molecule has 108 valence electrons. The predicted molar refractivity (Wildman–Crippen MR) is 89.7 cm³/mol. The van der Waals surface area contributed by atoms with Gasteiger partial charge in [-0.05, 0) is 54.2 Å². The molecular formula is C16H20BrNOS. The van der Waals surface area contributed by atoms with Gasteiger partial charge in [0.2, 0.25) is 0 Å². The SMILES string of the molecule is COc1ccc(C)cc1C(C)NC(C)c1sccc1Br. The molecule has 0 saturated heterocycles. The Labute approximate surface area is 133 Å². The lowest BCUT2D eigenvalue weighted by molar-refractivity contribution is 0.397. The Kier molecular flexibility index (Phi) is 5.24. The highest BCUT2D eigenvalue weighted by Gasteiger charge is 2.17. The van der Waals surface area contributed by atoms with Gasteiger partial charge in [-0.15, -0.1) is 11.3 Å².